The van der Waals surface area contributed by atoms with Gasteiger partial charge in [-0.1, -0.05) is 0 Å². The van der Waals surface area contributed by atoms with E-state index >= 15 is 0 Å². The molecule has 0 radical (unpaired) electrons. The smallest absolute Gasteiger partial charge is 0.216 e. The minimum Gasteiger partial charge on any atom is -0.481 e. The van der Waals surface area contributed by atoms with Crippen LogP contribution in [0.15, 0.2) is 39.5 Å². The lowest BCUT2D eigenvalue weighted by molar-refractivity contribution is 0.279. The first kappa shape index (κ1) is 10.1. The normalized spacial score (nSPS) is 25.3. The van der Waals surface area contributed by atoms with Crippen LogP contribution in [0.3, 0.4) is 0 Å². The number of allylic oxidation sites excluding steroid dienone is 5. The summed E-state index contributed by atoms with van der Waals surface area (Å²) in [4.78, 5) is 4.17. The van der Waals surface area contributed by atoms with E-state index in [1.54, 1.807) is 20.2 Å². The molecule has 2 rings (SSSR count). The van der Waals surface area contributed by atoms with Crippen LogP contribution in [-0.4, -0.2) is 13.3 Å². The lowest BCUT2D eigenvalue weighted by Gasteiger charge is -2.26. The van der Waals surface area contributed by atoms with Crippen LogP contribution in [-0.2, 0) is 4.74 Å². The van der Waals surface area contributed by atoms with Crippen molar-refractivity contribution in [1.29, 1.82) is 0 Å². The molecule has 2 aliphatic rings. The molecule has 0 bridgehead atoms. The predicted octanol–water partition coefficient (Wildman–Crippen LogP) is 3.14. The Balaban J connectivity index is 2.53. The third kappa shape index (κ3) is 1.52. The van der Waals surface area contributed by atoms with Gasteiger partial charge >= 0.3 is 0 Å². The fourth-order valence-corrected chi connectivity index (χ4v) is 2.10. The van der Waals surface area contributed by atoms with E-state index in [2.05, 4.69) is 4.99 Å². The van der Waals surface area contributed by atoms with Gasteiger partial charge in [0.05, 0.1) is 7.11 Å². The average Bonchev–Trinajstić information content (AvgIpc) is 2.25. The first-order valence-corrected chi connectivity index (χ1v) is 5.00. The molecule has 1 atom stereocenters. The van der Waals surface area contributed by atoms with Crippen molar-refractivity contribution in [2.24, 2.45) is 10.9 Å². The summed E-state index contributed by atoms with van der Waals surface area (Å²) in [6, 6.07) is 0. The van der Waals surface area contributed by atoms with E-state index in [1.807, 2.05) is 13.0 Å². The topological polar surface area (TPSA) is 21.6 Å². The van der Waals surface area contributed by atoms with Crippen molar-refractivity contribution in [3.8, 4) is 0 Å². The first-order valence-electron chi connectivity index (χ1n) is 5.00. The zero-order valence-corrected chi connectivity index (χ0v) is 9.17. The van der Waals surface area contributed by atoms with Gasteiger partial charge < -0.3 is 4.74 Å². The standard InChI is InChI=1S/C12H14FNO/c1-7-6-10-9(8(2)11(7)13)4-5-14-12(10)15-3/h5-6,9H,4H2,1-3H3. The van der Waals surface area contributed by atoms with Crippen LogP contribution in [0.1, 0.15) is 20.3 Å². The summed E-state index contributed by atoms with van der Waals surface area (Å²) in [5, 5.41) is 0. The van der Waals surface area contributed by atoms with Gasteiger partial charge in [-0.25, -0.2) is 9.38 Å². The highest BCUT2D eigenvalue weighted by molar-refractivity contribution is 5.65. The molecule has 1 aliphatic carbocycles. The minimum absolute atomic E-state index is 0.0884. The number of hydrogen-bond acceptors (Lipinski definition) is 2. The molecule has 0 amide bonds. The Kier molecular flexibility index (Phi) is 2.47. The Morgan fingerprint density at radius 3 is 2.87 bits per heavy atom. The highest BCUT2D eigenvalue weighted by Crippen LogP contribution is 2.39. The number of aliphatic imine (C=N–C) groups is 1. The van der Waals surface area contributed by atoms with Crippen molar-refractivity contribution in [2.45, 2.75) is 20.3 Å². The van der Waals surface area contributed by atoms with Crippen LogP contribution in [0.25, 0.3) is 0 Å². The van der Waals surface area contributed by atoms with Crippen molar-refractivity contribution >= 4 is 6.21 Å². The molecule has 1 unspecified atom stereocenters. The number of rotatable bonds is 1. The second kappa shape index (κ2) is 3.65. The summed E-state index contributed by atoms with van der Waals surface area (Å²) >= 11 is 0. The summed E-state index contributed by atoms with van der Waals surface area (Å²) < 4.78 is 18.9. The van der Waals surface area contributed by atoms with Crippen LogP contribution in [0.4, 0.5) is 4.39 Å². The molecule has 0 fully saturated rings. The Labute approximate surface area is 88.8 Å². The quantitative estimate of drug-likeness (QED) is 0.647. The fourth-order valence-electron chi connectivity index (χ4n) is 2.10. The van der Waals surface area contributed by atoms with Gasteiger partial charge in [0.25, 0.3) is 0 Å². The van der Waals surface area contributed by atoms with Gasteiger partial charge in [-0.05, 0) is 37.5 Å². The van der Waals surface area contributed by atoms with Crippen LogP contribution in [0.2, 0.25) is 0 Å². The molecule has 2 nitrogen and oxygen atoms in total. The van der Waals surface area contributed by atoms with E-state index in [9.17, 15) is 4.39 Å². The molecule has 0 aromatic carbocycles. The monoisotopic (exact) mass is 207 g/mol. The Bertz CT molecular complexity index is 415. The Hall–Kier alpha value is -1.38. The molecule has 0 saturated heterocycles. The summed E-state index contributed by atoms with van der Waals surface area (Å²) in [7, 11) is 1.59. The van der Waals surface area contributed by atoms with Crippen LogP contribution < -0.4 is 0 Å². The van der Waals surface area contributed by atoms with Gasteiger partial charge in [-0.3, -0.25) is 0 Å². The van der Waals surface area contributed by atoms with E-state index in [0.717, 1.165) is 17.6 Å². The van der Waals surface area contributed by atoms with E-state index in [-0.39, 0.29) is 11.7 Å². The van der Waals surface area contributed by atoms with Crippen LogP contribution in [0.5, 0.6) is 0 Å². The molecule has 0 saturated carbocycles. The van der Waals surface area contributed by atoms with E-state index in [0.29, 0.717) is 11.5 Å². The van der Waals surface area contributed by atoms with Gasteiger partial charge in [-0.2, -0.15) is 0 Å². The number of fused-ring (bicyclic) bond motifs is 1. The number of hydrogen-bond donors (Lipinski definition) is 0. The van der Waals surface area contributed by atoms with E-state index in [1.165, 1.54) is 0 Å². The van der Waals surface area contributed by atoms with Crippen molar-refractivity contribution in [3.63, 3.8) is 0 Å². The van der Waals surface area contributed by atoms with Crippen LogP contribution in [0, 0.1) is 5.92 Å². The molecular weight excluding hydrogens is 193 g/mol. The Morgan fingerprint density at radius 1 is 1.47 bits per heavy atom. The van der Waals surface area contributed by atoms with Gasteiger partial charge in [0.15, 0.2) is 0 Å². The van der Waals surface area contributed by atoms with Crippen LogP contribution >= 0.6 is 0 Å². The van der Waals surface area contributed by atoms with Gasteiger partial charge in [0.1, 0.15) is 5.83 Å². The summed E-state index contributed by atoms with van der Waals surface area (Å²) in [5.41, 5.74) is 2.44. The summed E-state index contributed by atoms with van der Waals surface area (Å²) in [5.74, 6) is 0.619. The maximum atomic E-state index is 13.7. The minimum atomic E-state index is -0.0884. The zero-order chi connectivity index (χ0) is 11.0. The second-order valence-electron chi connectivity index (χ2n) is 3.89. The molecule has 1 aliphatic heterocycles. The highest BCUT2D eigenvalue weighted by atomic mass is 19.1. The number of methoxy groups -OCH3 is 1. The van der Waals surface area contributed by atoms with Crippen molar-refractivity contribution in [2.75, 3.05) is 7.11 Å². The number of nitrogens with zero attached hydrogens (tertiary/aromatic N) is 1. The number of halogens is 1. The van der Waals surface area contributed by atoms with Crippen molar-refractivity contribution in [1.82, 2.24) is 0 Å². The third-order valence-corrected chi connectivity index (χ3v) is 2.95. The molecule has 0 spiro atoms. The molecule has 3 heteroatoms. The molecule has 0 N–H and O–H groups in total. The highest BCUT2D eigenvalue weighted by Gasteiger charge is 2.28. The van der Waals surface area contributed by atoms with E-state index < -0.39 is 0 Å². The van der Waals surface area contributed by atoms with Crippen molar-refractivity contribution < 1.29 is 9.13 Å². The lowest BCUT2D eigenvalue weighted by Crippen LogP contribution is -2.17. The summed E-state index contributed by atoms with van der Waals surface area (Å²) in [6.07, 6.45) is 4.38. The third-order valence-electron chi connectivity index (χ3n) is 2.95. The van der Waals surface area contributed by atoms with Gasteiger partial charge in [0.2, 0.25) is 5.88 Å². The SMILES string of the molecule is COC1=C2C=C(C)C(F)=C(C)C2CC=N1. The molecule has 15 heavy (non-hydrogen) atoms. The maximum Gasteiger partial charge on any atom is 0.216 e. The Morgan fingerprint density at radius 2 is 2.20 bits per heavy atom. The molecule has 0 aromatic rings. The summed E-state index contributed by atoms with van der Waals surface area (Å²) in [6.45, 7) is 3.61. The molecule has 80 valence electrons. The van der Waals surface area contributed by atoms with Gasteiger partial charge in [0, 0.05) is 17.7 Å². The largest absolute Gasteiger partial charge is 0.481 e. The first-order chi connectivity index (χ1) is 7.15. The zero-order valence-electron chi connectivity index (χ0n) is 9.17. The molecular formula is C12H14FNO. The fraction of sp³-hybridized carbons (Fsp3) is 0.417. The predicted molar refractivity (Wildman–Crippen MR) is 58.2 cm³/mol. The number of ether oxygens (including phenoxy) is 1. The average molecular weight is 207 g/mol. The molecule has 0 aromatic heterocycles. The molecule has 1 heterocycles. The maximum absolute atomic E-state index is 13.7. The lowest BCUT2D eigenvalue weighted by atomic mass is 9.82. The van der Waals surface area contributed by atoms with E-state index in [4.69, 9.17) is 4.74 Å². The van der Waals surface area contributed by atoms with Gasteiger partial charge in [-0.15, -0.1) is 0 Å². The second-order valence-corrected chi connectivity index (χ2v) is 3.89. The van der Waals surface area contributed by atoms with Crippen molar-refractivity contribution in [3.05, 3.63) is 34.5 Å².